The molecule has 6 nitrogen and oxygen atoms in total. The minimum Gasteiger partial charge on any atom is -0.462 e. The molecule has 0 heterocycles. The van der Waals surface area contributed by atoms with E-state index >= 15 is 0 Å². The Morgan fingerprint density at radius 3 is 1.31 bits per heavy atom. The zero-order valence-corrected chi connectivity index (χ0v) is 42.7. The van der Waals surface area contributed by atoms with Crippen LogP contribution in [0.25, 0.3) is 0 Å². The molecule has 0 rings (SSSR count). The maximum atomic E-state index is 13.2. The monoisotopic (exact) mass is 898 g/mol. The van der Waals surface area contributed by atoms with E-state index < -0.39 is 18.2 Å². The molecule has 0 fully saturated rings. The quantitative estimate of drug-likeness (QED) is 0.0245. The number of carbonyl (C=O) groups excluding carboxylic acids is 2. The highest BCUT2D eigenvalue weighted by molar-refractivity contribution is 5.77. The van der Waals surface area contributed by atoms with Gasteiger partial charge in [0, 0.05) is 6.42 Å². The number of rotatable bonds is 50. The first-order valence-corrected chi connectivity index (χ1v) is 27.9. The molecule has 0 aliphatic rings. The van der Waals surface area contributed by atoms with Crippen molar-refractivity contribution >= 4 is 11.9 Å². The van der Waals surface area contributed by atoms with E-state index in [0.29, 0.717) is 19.3 Å². The number of amides is 1. The second-order valence-corrected chi connectivity index (χ2v) is 19.0. The third-order valence-corrected chi connectivity index (χ3v) is 12.7. The molecular formula is C58H107NO5. The molecular weight excluding hydrogens is 791 g/mol. The van der Waals surface area contributed by atoms with E-state index in [-0.39, 0.29) is 24.9 Å². The van der Waals surface area contributed by atoms with Gasteiger partial charge in [-0.3, -0.25) is 9.59 Å². The van der Waals surface area contributed by atoms with Crippen molar-refractivity contribution in [1.29, 1.82) is 0 Å². The molecule has 0 aromatic heterocycles. The summed E-state index contributed by atoms with van der Waals surface area (Å²) in [6.07, 6.45) is 63.1. The topological polar surface area (TPSA) is 95.9 Å². The summed E-state index contributed by atoms with van der Waals surface area (Å²) >= 11 is 0. The lowest BCUT2D eigenvalue weighted by atomic mass is 10.0. The van der Waals surface area contributed by atoms with Gasteiger partial charge in [0.25, 0.3) is 0 Å². The number of aliphatic hydroxyl groups excluding tert-OH is 2. The van der Waals surface area contributed by atoms with Gasteiger partial charge in [-0.05, 0) is 83.5 Å². The first kappa shape index (κ1) is 61.8. The smallest absolute Gasteiger partial charge is 0.306 e. The average Bonchev–Trinajstić information content (AvgIpc) is 3.29. The fraction of sp³-hybridized carbons (Fsp3) is 0.828. The lowest BCUT2D eigenvalue weighted by Crippen LogP contribution is -2.46. The van der Waals surface area contributed by atoms with E-state index in [4.69, 9.17) is 4.74 Å². The molecule has 0 aromatic rings. The van der Waals surface area contributed by atoms with Crippen molar-refractivity contribution in [3.05, 3.63) is 48.6 Å². The largest absolute Gasteiger partial charge is 0.462 e. The van der Waals surface area contributed by atoms with Crippen molar-refractivity contribution in [2.45, 2.75) is 302 Å². The third-order valence-electron chi connectivity index (χ3n) is 12.7. The Morgan fingerprint density at radius 1 is 0.469 bits per heavy atom. The van der Waals surface area contributed by atoms with Crippen molar-refractivity contribution in [3.8, 4) is 0 Å². The summed E-state index contributed by atoms with van der Waals surface area (Å²) in [5.74, 6) is -0.511. The van der Waals surface area contributed by atoms with Crippen LogP contribution in [-0.2, 0) is 14.3 Å². The van der Waals surface area contributed by atoms with Crippen LogP contribution in [0.15, 0.2) is 48.6 Å². The van der Waals surface area contributed by atoms with Crippen LogP contribution in [0.3, 0.4) is 0 Å². The molecule has 0 saturated carbocycles. The molecule has 374 valence electrons. The molecule has 0 radical (unpaired) electrons. The molecule has 3 atom stereocenters. The number of unbranched alkanes of at least 4 members (excludes halogenated alkanes) is 31. The van der Waals surface area contributed by atoms with Crippen LogP contribution in [0.5, 0.6) is 0 Å². The van der Waals surface area contributed by atoms with Crippen LogP contribution in [0, 0.1) is 0 Å². The molecule has 3 N–H and O–H groups in total. The predicted molar refractivity (Wildman–Crippen MR) is 278 cm³/mol. The van der Waals surface area contributed by atoms with E-state index in [1.54, 1.807) is 0 Å². The highest BCUT2D eigenvalue weighted by Gasteiger charge is 2.24. The molecule has 64 heavy (non-hydrogen) atoms. The fourth-order valence-corrected chi connectivity index (χ4v) is 8.39. The summed E-state index contributed by atoms with van der Waals surface area (Å²) < 4.78 is 5.93. The predicted octanol–water partition coefficient (Wildman–Crippen LogP) is 17.0. The van der Waals surface area contributed by atoms with Crippen molar-refractivity contribution in [3.63, 3.8) is 0 Å². The van der Waals surface area contributed by atoms with Crippen LogP contribution in [-0.4, -0.2) is 46.9 Å². The van der Waals surface area contributed by atoms with E-state index in [1.807, 2.05) is 0 Å². The molecule has 0 spiro atoms. The zero-order chi connectivity index (χ0) is 46.7. The van der Waals surface area contributed by atoms with Gasteiger partial charge in [0.05, 0.1) is 25.2 Å². The van der Waals surface area contributed by atoms with Gasteiger partial charge in [-0.1, -0.05) is 236 Å². The Labute approximate surface area is 397 Å². The molecule has 0 bridgehead atoms. The number of hydrogen-bond donors (Lipinski definition) is 3. The van der Waals surface area contributed by atoms with Gasteiger partial charge in [0.1, 0.15) is 6.10 Å². The van der Waals surface area contributed by atoms with Gasteiger partial charge >= 0.3 is 5.97 Å². The summed E-state index contributed by atoms with van der Waals surface area (Å²) in [4.78, 5) is 26.2. The highest BCUT2D eigenvalue weighted by atomic mass is 16.5. The van der Waals surface area contributed by atoms with Crippen LogP contribution in [0.1, 0.15) is 284 Å². The van der Waals surface area contributed by atoms with E-state index in [9.17, 15) is 19.8 Å². The van der Waals surface area contributed by atoms with Gasteiger partial charge in [-0.15, -0.1) is 0 Å². The molecule has 6 heteroatoms. The number of aliphatic hydroxyl groups is 2. The zero-order valence-electron chi connectivity index (χ0n) is 42.7. The number of ether oxygens (including phenoxy) is 1. The third kappa shape index (κ3) is 46.4. The van der Waals surface area contributed by atoms with Crippen LogP contribution < -0.4 is 5.32 Å². The van der Waals surface area contributed by atoms with Crippen molar-refractivity contribution in [2.75, 3.05) is 6.61 Å². The summed E-state index contributed by atoms with van der Waals surface area (Å²) in [6, 6.07) is -0.712. The summed E-state index contributed by atoms with van der Waals surface area (Å²) in [6.45, 7) is 6.46. The van der Waals surface area contributed by atoms with Crippen LogP contribution in [0.4, 0.5) is 0 Å². The van der Waals surface area contributed by atoms with Crippen molar-refractivity contribution in [1.82, 2.24) is 5.32 Å². The van der Waals surface area contributed by atoms with Gasteiger partial charge in [-0.2, -0.15) is 0 Å². The molecule has 0 aromatic carbocycles. The minimum absolute atomic E-state index is 0.0585. The maximum Gasteiger partial charge on any atom is 0.306 e. The summed E-state index contributed by atoms with van der Waals surface area (Å²) in [5, 5.41) is 23.8. The van der Waals surface area contributed by atoms with Crippen molar-refractivity contribution in [2.24, 2.45) is 0 Å². The molecule has 0 aliphatic carbocycles. The molecule has 0 saturated heterocycles. The number of allylic oxidation sites excluding steroid dienone is 8. The first-order valence-electron chi connectivity index (χ1n) is 27.9. The minimum atomic E-state index is -0.796. The highest BCUT2D eigenvalue weighted by Crippen LogP contribution is 2.18. The van der Waals surface area contributed by atoms with Gasteiger partial charge < -0.3 is 20.3 Å². The second-order valence-electron chi connectivity index (χ2n) is 19.0. The van der Waals surface area contributed by atoms with E-state index in [2.05, 4.69) is 74.7 Å². The van der Waals surface area contributed by atoms with E-state index in [0.717, 1.165) is 83.5 Å². The van der Waals surface area contributed by atoms with Gasteiger partial charge in [-0.25, -0.2) is 0 Å². The number of nitrogens with one attached hydrogen (secondary N) is 1. The Bertz CT molecular complexity index is 1100. The standard InChI is InChI=1S/C58H107NO5/c1-4-7-10-13-16-19-22-25-28-30-33-36-39-42-45-48-51-58(63)64-54(49-46-43-40-37-34-31-29-26-23-20-17-14-11-8-5-2)52-57(62)59-55(53-60)56(61)50-47-44-41-38-35-32-27-24-21-18-15-12-9-6-3/h17,20,26,28-30,33,36,54-56,60-61H,4-16,18-19,21-25,27,31-32,34-35,37-53H2,1-3H3,(H,59,62)/b20-17-,29-26-,30-28+,36-33+. The SMILES string of the molecule is CCCCC/C=C\C/C=C\CCCCCCCC(CC(=O)NC(CO)C(O)CCCCCCCCCCCCCCCC)OC(=O)CCCCC/C=C/C=C/CCCCCCCCC. The summed E-state index contributed by atoms with van der Waals surface area (Å²) in [5.41, 5.74) is 0. The lowest BCUT2D eigenvalue weighted by molar-refractivity contribution is -0.151. The second kappa shape index (κ2) is 51.8. The van der Waals surface area contributed by atoms with Crippen LogP contribution >= 0.6 is 0 Å². The number of carbonyl (C=O) groups is 2. The maximum absolute atomic E-state index is 13.2. The Kier molecular flexibility index (Phi) is 50.0. The van der Waals surface area contributed by atoms with Gasteiger partial charge in [0.15, 0.2) is 0 Å². The molecule has 1 amide bonds. The average molecular weight is 898 g/mol. The first-order chi connectivity index (χ1) is 31.5. The number of hydrogen-bond acceptors (Lipinski definition) is 5. The molecule has 0 aliphatic heterocycles. The Hall–Kier alpha value is -2.18. The van der Waals surface area contributed by atoms with Crippen LogP contribution in [0.2, 0.25) is 0 Å². The Balaban J connectivity index is 4.63. The normalized spacial score (nSPS) is 13.5. The fourth-order valence-electron chi connectivity index (χ4n) is 8.39. The Morgan fingerprint density at radius 2 is 0.844 bits per heavy atom. The van der Waals surface area contributed by atoms with Gasteiger partial charge in [0.2, 0.25) is 5.91 Å². The molecule has 3 unspecified atom stereocenters. The van der Waals surface area contributed by atoms with E-state index in [1.165, 1.54) is 154 Å². The van der Waals surface area contributed by atoms with Crippen molar-refractivity contribution < 1.29 is 24.5 Å². The lowest BCUT2D eigenvalue weighted by Gasteiger charge is -2.24. The number of esters is 1. The summed E-state index contributed by atoms with van der Waals surface area (Å²) in [7, 11) is 0.